The molecule has 0 spiro atoms. The highest BCUT2D eigenvalue weighted by molar-refractivity contribution is 7.89. The fraction of sp³-hybridized carbons (Fsp3) is 0.765. The summed E-state index contributed by atoms with van der Waals surface area (Å²) >= 11 is 0. The van der Waals surface area contributed by atoms with Crippen molar-refractivity contribution in [2.75, 3.05) is 13.1 Å². The Labute approximate surface area is 149 Å². The van der Waals surface area contributed by atoms with Crippen molar-refractivity contribution in [3.05, 3.63) is 12.5 Å². The van der Waals surface area contributed by atoms with Gasteiger partial charge in [-0.15, -0.1) is 0 Å². The second-order valence-electron chi connectivity index (χ2n) is 7.37. The number of nitrogens with zero attached hydrogens (tertiary/aromatic N) is 3. The molecule has 0 radical (unpaired) electrons. The Morgan fingerprint density at radius 2 is 1.88 bits per heavy atom. The number of aromatic nitrogens is 2. The van der Waals surface area contributed by atoms with E-state index in [0.717, 1.165) is 38.5 Å². The quantitative estimate of drug-likeness (QED) is 0.858. The third-order valence-corrected chi connectivity index (χ3v) is 7.04. The van der Waals surface area contributed by atoms with Crippen LogP contribution in [0.4, 0.5) is 0 Å². The van der Waals surface area contributed by atoms with Gasteiger partial charge in [0, 0.05) is 25.3 Å². The number of rotatable bonds is 5. The van der Waals surface area contributed by atoms with Crippen molar-refractivity contribution in [2.45, 2.75) is 69.5 Å². The van der Waals surface area contributed by atoms with Crippen molar-refractivity contribution in [1.82, 2.24) is 19.2 Å². The third-order valence-electron chi connectivity index (χ3n) is 5.25. The van der Waals surface area contributed by atoms with E-state index in [-0.39, 0.29) is 23.5 Å². The Hall–Kier alpha value is -1.41. The van der Waals surface area contributed by atoms with Crippen LogP contribution in [-0.2, 0) is 21.4 Å². The van der Waals surface area contributed by atoms with Gasteiger partial charge in [0.1, 0.15) is 6.54 Å². The van der Waals surface area contributed by atoms with E-state index in [9.17, 15) is 13.2 Å². The molecule has 1 N–H and O–H groups in total. The minimum atomic E-state index is -3.56. The molecule has 1 amide bonds. The number of imidazole rings is 1. The standard InChI is InChI=1S/C17H28N4O3S/c1-14-7-9-21(10-8-14)25(23,24)17-12-20(13-18-17)11-16(22)19-15-5-3-2-4-6-15/h12-15H,2-11H2,1H3,(H,19,22). The fourth-order valence-corrected chi connectivity index (χ4v) is 5.01. The van der Waals surface area contributed by atoms with Crippen LogP contribution in [-0.4, -0.2) is 47.3 Å². The van der Waals surface area contributed by atoms with Crippen molar-refractivity contribution in [2.24, 2.45) is 5.92 Å². The van der Waals surface area contributed by atoms with E-state index in [1.807, 2.05) is 0 Å². The van der Waals surface area contributed by atoms with Gasteiger partial charge in [0.05, 0.1) is 6.33 Å². The van der Waals surface area contributed by atoms with E-state index >= 15 is 0 Å². The molecule has 1 aromatic rings. The number of sulfonamides is 1. The average molecular weight is 369 g/mol. The molecule has 1 aromatic heterocycles. The predicted molar refractivity (Wildman–Crippen MR) is 94.4 cm³/mol. The zero-order valence-corrected chi connectivity index (χ0v) is 15.7. The van der Waals surface area contributed by atoms with Crippen molar-refractivity contribution in [3.63, 3.8) is 0 Å². The van der Waals surface area contributed by atoms with Crippen LogP contribution in [0.1, 0.15) is 51.9 Å². The van der Waals surface area contributed by atoms with Crippen LogP contribution in [0.5, 0.6) is 0 Å². The summed E-state index contributed by atoms with van der Waals surface area (Å²) in [6.45, 7) is 3.33. The maximum atomic E-state index is 12.7. The lowest BCUT2D eigenvalue weighted by molar-refractivity contribution is -0.122. The number of carbonyl (C=O) groups excluding carboxylic acids is 1. The first-order valence-electron chi connectivity index (χ1n) is 9.26. The van der Waals surface area contributed by atoms with E-state index in [1.165, 1.54) is 23.3 Å². The van der Waals surface area contributed by atoms with Gasteiger partial charge in [-0.2, -0.15) is 4.31 Å². The molecule has 1 saturated carbocycles. The summed E-state index contributed by atoms with van der Waals surface area (Å²) in [6, 6.07) is 0.253. The van der Waals surface area contributed by atoms with E-state index in [4.69, 9.17) is 0 Å². The first kappa shape index (κ1) is 18.4. The first-order valence-corrected chi connectivity index (χ1v) is 10.7. The summed E-state index contributed by atoms with van der Waals surface area (Å²) in [7, 11) is -3.56. The molecule has 0 bridgehead atoms. The minimum absolute atomic E-state index is 0.0347. The van der Waals surface area contributed by atoms with Gasteiger partial charge in [-0.3, -0.25) is 4.79 Å². The molecule has 0 unspecified atom stereocenters. The number of hydrogen-bond acceptors (Lipinski definition) is 4. The number of amides is 1. The van der Waals surface area contributed by atoms with Crippen LogP contribution in [0.2, 0.25) is 0 Å². The van der Waals surface area contributed by atoms with E-state index in [2.05, 4.69) is 17.2 Å². The van der Waals surface area contributed by atoms with Gasteiger partial charge in [0.25, 0.3) is 10.0 Å². The monoisotopic (exact) mass is 368 g/mol. The van der Waals surface area contributed by atoms with Gasteiger partial charge in [-0.25, -0.2) is 13.4 Å². The van der Waals surface area contributed by atoms with Gasteiger partial charge >= 0.3 is 0 Å². The highest BCUT2D eigenvalue weighted by Gasteiger charge is 2.30. The Morgan fingerprint density at radius 3 is 2.56 bits per heavy atom. The number of hydrogen-bond donors (Lipinski definition) is 1. The second kappa shape index (κ2) is 7.86. The van der Waals surface area contributed by atoms with E-state index < -0.39 is 10.0 Å². The summed E-state index contributed by atoms with van der Waals surface area (Å²) in [5.74, 6) is 0.479. The van der Waals surface area contributed by atoms with Gasteiger partial charge in [0.15, 0.2) is 5.03 Å². The topological polar surface area (TPSA) is 84.3 Å². The summed E-state index contributed by atoms with van der Waals surface area (Å²) in [5.41, 5.74) is 0. The molecule has 2 fully saturated rings. The zero-order chi connectivity index (χ0) is 17.9. The van der Waals surface area contributed by atoms with Crippen molar-refractivity contribution in [3.8, 4) is 0 Å². The van der Waals surface area contributed by atoms with Gasteiger partial charge in [-0.1, -0.05) is 26.2 Å². The Morgan fingerprint density at radius 1 is 1.20 bits per heavy atom. The molecule has 0 aromatic carbocycles. The lowest BCUT2D eigenvalue weighted by Gasteiger charge is -2.28. The molecular weight excluding hydrogens is 340 g/mol. The van der Waals surface area contributed by atoms with Gasteiger partial charge in [-0.05, 0) is 31.6 Å². The predicted octanol–water partition coefficient (Wildman–Crippen LogP) is 1.75. The average Bonchev–Trinajstić information content (AvgIpc) is 3.05. The summed E-state index contributed by atoms with van der Waals surface area (Å²) in [4.78, 5) is 16.2. The first-order chi connectivity index (χ1) is 11.9. The largest absolute Gasteiger partial charge is 0.352 e. The number of piperidine rings is 1. The molecule has 1 aliphatic heterocycles. The van der Waals surface area contributed by atoms with Crippen LogP contribution < -0.4 is 5.32 Å². The molecule has 0 atom stereocenters. The number of carbonyl (C=O) groups is 1. The summed E-state index contributed by atoms with van der Waals surface area (Å²) < 4.78 is 28.4. The van der Waals surface area contributed by atoms with Crippen LogP contribution in [0.25, 0.3) is 0 Å². The zero-order valence-electron chi connectivity index (χ0n) is 14.9. The van der Waals surface area contributed by atoms with Crippen molar-refractivity contribution < 1.29 is 13.2 Å². The Bertz CT molecular complexity index is 687. The van der Waals surface area contributed by atoms with Crippen LogP contribution >= 0.6 is 0 Å². The van der Waals surface area contributed by atoms with E-state index in [0.29, 0.717) is 19.0 Å². The highest BCUT2D eigenvalue weighted by Crippen LogP contribution is 2.22. The molecule has 1 aliphatic carbocycles. The summed E-state index contributed by atoms with van der Waals surface area (Å²) in [6.07, 6.45) is 10.3. The molecular formula is C17H28N4O3S. The molecule has 1 saturated heterocycles. The molecule has 25 heavy (non-hydrogen) atoms. The van der Waals surface area contributed by atoms with Gasteiger partial charge < -0.3 is 9.88 Å². The lowest BCUT2D eigenvalue weighted by Crippen LogP contribution is -2.38. The van der Waals surface area contributed by atoms with Crippen molar-refractivity contribution >= 4 is 15.9 Å². The maximum Gasteiger partial charge on any atom is 0.262 e. The second-order valence-corrected chi connectivity index (χ2v) is 9.26. The summed E-state index contributed by atoms with van der Waals surface area (Å²) in [5, 5.41) is 3.07. The number of nitrogens with one attached hydrogen (secondary N) is 1. The van der Waals surface area contributed by atoms with Crippen molar-refractivity contribution in [1.29, 1.82) is 0 Å². The van der Waals surface area contributed by atoms with Crippen LogP contribution in [0.3, 0.4) is 0 Å². The fourth-order valence-electron chi connectivity index (χ4n) is 3.60. The lowest BCUT2D eigenvalue weighted by atomic mass is 9.95. The Balaban J connectivity index is 1.58. The Kier molecular flexibility index (Phi) is 5.78. The van der Waals surface area contributed by atoms with Crippen LogP contribution in [0.15, 0.2) is 17.6 Å². The normalized spacial score (nSPS) is 21.3. The third kappa shape index (κ3) is 4.61. The molecule has 2 heterocycles. The molecule has 8 heteroatoms. The minimum Gasteiger partial charge on any atom is -0.352 e. The van der Waals surface area contributed by atoms with Gasteiger partial charge in [0.2, 0.25) is 5.91 Å². The molecule has 140 valence electrons. The maximum absolute atomic E-state index is 12.7. The van der Waals surface area contributed by atoms with E-state index in [1.54, 1.807) is 4.57 Å². The molecule has 7 nitrogen and oxygen atoms in total. The van der Waals surface area contributed by atoms with Crippen LogP contribution in [0, 0.1) is 5.92 Å². The molecule has 3 rings (SSSR count). The SMILES string of the molecule is CC1CCN(S(=O)(=O)c2cn(CC(=O)NC3CCCCC3)cn2)CC1. The smallest absolute Gasteiger partial charge is 0.262 e. The molecule has 2 aliphatic rings. The highest BCUT2D eigenvalue weighted by atomic mass is 32.2.